The molecule has 2 atom stereocenters. The van der Waals surface area contributed by atoms with E-state index in [0.717, 1.165) is 31.7 Å². The van der Waals surface area contributed by atoms with Gasteiger partial charge in [0.1, 0.15) is 11.9 Å². The number of amides is 1. The number of hydrogen-bond donors (Lipinski definition) is 1. The van der Waals surface area contributed by atoms with Crippen LogP contribution in [-0.4, -0.2) is 31.1 Å². The Labute approximate surface area is 126 Å². The summed E-state index contributed by atoms with van der Waals surface area (Å²) >= 11 is 0. The molecule has 21 heavy (non-hydrogen) atoms. The van der Waals surface area contributed by atoms with Crippen molar-refractivity contribution >= 4 is 11.6 Å². The van der Waals surface area contributed by atoms with Crippen LogP contribution in [-0.2, 0) is 11.2 Å². The third-order valence-corrected chi connectivity index (χ3v) is 4.33. The molecule has 0 radical (unpaired) electrons. The number of carbonyl (C=O) groups excluding carboxylic acids is 1. The Morgan fingerprint density at radius 2 is 2.24 bits per heavy atom. The fourth-order valence-electron chi connectivity index (χ4n) is 3.18. The molecular weight excluding hydrogens is 264 g/mol. The van der Waals surface area contributed by atoms with E-state index in [9.17, 15) is 4.79 Å². The van der Waals surface area contributed by atoms with Crippen molar-refractivity contribution in [2.24, 2.45) is 5.92 Å². The molecule has 4 nitrogen and oxygen atoms in total. The quantitative estimate of drug-likeness (QED) is 0.928. The zero-order valence-corrected chi connectivity index (χ0v) is 13.1. The molecule has 1 saturated heterocycles. The van der Waals surface area contributed by atoms with Crippen LogP contribution >= 0.6 is 0 Å². The number of hydrogen-bond acceptors (Lipinski definition) is 3. The molecule has 0 saturated carbocycles. The first-order valence-electron chi connectivity index (χ1n) is 7.88. The lowest BCUT2D eigenvalue weighted by molar-refractivity contribution is -0.124. The second-order valence-corrected chi connectivity index (χ2v) is 6.48. The number of fused-ring (bicyclic) bond motifs is 1. The van der Waals surface area contributed by atoms with Gasteiger partial charge in [0.25, 0.3) is 0 Å². The van der Waals surface area contributed by atoms with Gasteiger partial charge in [-0.15, -0.1) is 0 Å². The smallest absolute Gasteiger partial charge is 0.222 e. The molecule has 1 fully saturated rings. The number of benzene rings is 1. The third-order valence-electron chi connectivity index (χ3n) is 4.33. The van der Waals surface area contributed by atoms with E-state index in [-0.39, 0.29) is 24.0 Å². The van der Waals surface area contributed by atoms with Gasteiger partial charge in [0.05, 0.1) is 0 Å². The molecule has 0 spiro atoms. The molecule has 0 bridgehead atoms. The lowest BCUT2D eigenvalue weighted by Gasteiger charge is -2.21. The van der Waals surface area contributed by atoms with E-state index in [0.29, 0.717) is 0 Å². The normalized spacial score (nSPS) is 24.1. The molecule has 3 rings (SSSR count). The molecule has 2 heterocycles. The second-order valence-electron chi connectivity index (χ2n) is 6.48. The molecule has 2 aliphatic heterocycles. The zero-order valence-electron chi connectivity index (χ0n) is 13.1. The third kappa shape index (κ3) is 2.85. The van der Waals surface area contributed by atoms with Crippen molar-refractivity contribution in [3.8, 4) is 5.75 Å². The maximum absolute atomic E-state index is 11.8. The van der Waals surface area contributed by atoms with Crippen molar-refractivity contribution < 1.29 is 9.53 Å². The average Bonchev–Trinajstić information content (AvgIpc) is 3.03. The Balaban J connectivity index is 1.70. The Kier molecular flexibility index (Phi) is 3.79. The van der Waals surface area contributed by atoms with Gasteiger partial charge in [-0.1, -0.05) is 19.9 Å². The first kappa shape index (κ1) is 14.2. The van der Waals surface area contributed by atoms with Crippen molar-refractivity contribution in [3.05, 3.63) is 23.8 Å². The van der Waals surface area contributed by atoms with Gasteiger partial charge in [0.2, 0.25) is 5.91 Å². The summed E-state index contributed by atoms with van der Waals surface area (Å²) in [5.74, 6) is 1.22. The highest BCUT2D eigenvalue weighted by Gasteiger charge is 2.29. The molecule has 1 aromatic carbocycles. The van der Waals surface area contributed by atoms with Crippen LogP contribution in [0.2, 0.25) is 0 Å². The number of nitrogens with one attached hydrogen (secondary N) is 1. The van der Waals surface area contributed by atoms with E-state index in [1.807, 2.05) is 13.8 Å². The predicted molar refractivity (Wildman–Crippen MR) is 83.8 cm³/mol. The lowest BCUT2D eigenvalue weighted by atomic mass is 10.1. The maximum atomic E-state index is 11.8. The SMILES string of the molecule is CC1Cc2c(cccc2N2CC[C@H](NC(=O)C(C)C)C2)O1. The minimum Gasteiger partial charge on any atom is -0.490 e. The number of carbonyl (C=O) groups is 1. The van der Waals surface area contributed by atoms with Crippen LogP contribution in [0.3, 0.4) is 0 Å². The van der Waals surface area contributed by atoms with Crippen LogP contribution in [0.4, 0.5) is 5.69 Å². The highest BCUT2D eigenvalue weighted by molar-refractivity contribution is 5.78. The van der Waals surface area contributed by atoms with Gasteiger partial charge in [0.15, 0.2) is 0 Å². The molecule has 0 aliphatic carbocycles. The Morgan fingerprint density at radius 1 is 1.43 bits per heavy atom. The van der Waals surface area contributed by atoms with Crippen molar-refractivity contribution in [1.82, 2.24) is 5.32 Å². The molecule has 114 valence electrons. The summed E-state index contributed by atoms with van der Waals surface area (Å²) in [6, 6.07) is 6.55. The number of rotatable bonds is 3. The summed E-state index contributed by atoms with van der Waals surface area (Å²) in [5, 5.41) is 3.14. The summed E-state index contributed by atoms with van der Waals surface area (Å²) in [6.45, 7) is 7.87. The second kappa shape index (κ2) is 5.58. The van der Waals surface area contributed by atoms with Gasteiger partial charge in [0, 0.05) is 42.7 Å². The molecule has 1 amide bonds. The van der Waals surface area contributed by atoms with Crippen LogP contribution < -0.4 is 15.0 Å². The monoisotopic (exact) mass is 288 g/mol. The van der Waals surface area contributed by atoms with Gasteiger partial charge in [-0.3, -0.25) is 4.79 Å². The Bertz CT molecular complexity index is 542. The van der Waals surface area contributed by atoms with E-state index < -0.39 is 0 Å². The van der Waals surface area contributed by atoms with E-state index in [1.165, 1.54) is 11.3 Å². The Hall–Kier alpha value is -1.71. The van der Waals surface area contributed by atoms with Crippen LogP contribution in [0.1, 0.15) is 32.8 Å². The maximum Gasteiger partial charge on any atom is 0.222 e. The van der Waals surface area contributed by atoms with Crippen molar-refractivity contribution in [3.63, 3.8) is 0 Å². The molecule has 1 N–H and O–H groups in total. The highest BCUT2D eigenvalue weighted by atomic mass is 16.5. The van der Waals surface area contributed by atoms with Gasteiger partial charge in [-0.25, -0.2) is 0 Å². The van der Waals surface area contributed by atoms with Crippen molar-refractivity contribution in [2.45, 2.75) is 45.8 Å². The summed E-state index contributed by atoms with van der Waals surface area (Å²) < 4.78 is 5.83. The van der Waals surface area contributed by atoms with Crippen LogP contribution in [0.15, 0.2) is 18.2 Å². The minimum atomic E-state index is 0.0503. The van der Waals surface area contributed by atoms with Crippen molar-refractivity contribution in [2.75, 3.05) is 18.0 Å². The summed E-state index contributed by atoms with van der Waals surface area (Å²) in [7, 11) is 0. The number of ether oxygens (including phenoxy) is 1. The molecule has 2 aliphatic rings. The molecule has 4 heteroatoms. The molecular formula is C17H24N2O2. The first-order chi connectivity index (χ1) is 10.0. The largest absolute Gasteiger partial charge is 0.490 e. The Morgan fingerprint density at radius 3 is 3.00 bits per heavy atom. The minimum absolute atomic E-state index is 0.0503. The molecule has 1 unspecified atom stereocenters. The topological polar surface area (TPSA) is 41.6 Å². The van der Waals surface area contributed by atoms with Crippen LogP contribution in [0.5, 0.6) is 5.75 Å². The highest BCUT2D eigenvalue weighted by Crippen LogP contribution is 2.37. The first-order valence-corrected chi connectivity index (χ1v) is 7.88. The van der Waals surface area contributed by atoms with E-state index in [4.69, 9.17) is 4.74 Å². The summed E-state index contributed by atoms with van der Waals surface area (Å²) in [4.78, 5) is 14.2. The fraction of sp³-hybridized carbons (Fsp3) is 0.588. The fourth-order valence-corrected chi connectivity index (χ4v) is 3.18. The molecule has 1 aromatic rings. The average molecular weight is 288 g/mol. The van der Waals surface area contributed by atoms with Crippen LogP contribution in [0, 0.1) is 5.92 Å². The number of nitrogens with zero attached hydrogens (tertiary/aromatic N) is 1. The predicted octanol–water partition coefficient (Wildman–Crippen LogP) is 2.36. The standard InChI is InChI=1S/C17H24N2O2/c1-11(2)17(20)18-13-7-8-19(10-13)15-5-4-6-16-14(15)9-12(3)21-16/h4-6,11-13H,7-10H2,1-3H3,(H,18,20)/t12?,13-/m0/s1. The van der Waals surface area contributed by atoms with E-state index >= 15 is 0 Å². The van der Waals surface area contributed by atoms with Gasteiger partial charge in [-0.05, 0) is 25.5 Å². The summed E-state index contributed by atoms with van der Waals surface area (Å²) in [5.41, 5.74) is 2.60. The van der Waals surface area contributed by atoms with Crippen molar-refractivity contribution in [1.29, 1.82) is 0 Å². The molecule has 0 aromatic heterocycles. The lowest BCUT2D eigenvalue weighted by Crippen LogP contribution is -2.39. The van der Waals surface area contributed by atoms with E-state index in [1.54, 1.807) is 0 Å². The van der Waals surface area contributed by atoms with E-state index in [2.05, 4.69) is 35.3 Å². The summed E-state index contributed by atoms with van der Waals surface area (Å²) in [6.07, 6.45) is 2.25. The zero-order chi connectivity index (χ0) is 15.0. The van der Waals surface area contributed by atoms with Gasteiger partial charge < -0.3 is 15.0 Å². The van der Waals surface area contributed by atoms with Gasteiger partial charge in [-0.2, -0.15) is 0 Å². The van der Waals surface area contributed by atoms with Crippen LogP contribution in [0.25, 0.3) is 0 Å². The van der Waals surface area contributed by atoms with Gasteiger partial charge >= 0.3 is 0 Å². The number of anilines is 1.